The Hall–Kier alpha value is -1.67. The Morgan fingerprint density at radius 1 is 1.45 bits per heavy atom. The monoisotopic (exact) mass is 326 g/mol. The molecule has 1 aromatic heterocycles. The minimum atomic E-state index is -0.812. The highest BCUT2D eigenvalue weighted by Crippen LogP contribution is 2.28. The van der Waals surface area contributed by atoms with Gasteiger partial charge >= 0.3 is 5.97 Å². The zero-order valence-electron chi connectivity index (χ0n) is 13.0. The second-order valence-electron chi connectivity index (χ2n) is 5.47. The number of anilines is 1. The van der Waals surface area contributed by atoms with Crippen molar-refractivity contribution in [3.8, 4) is 0 Å². The molecule has 0 spiro atoms. The molecule has 0 bridgehead atoms. The molecular formula is C14H22N4O3S. The molecule has 1 aromatic rings. The van der Waals surface area contributed by atoms with E-state index in [-0.39, 0.29) is 24.5 Å². The number of aryl methyl sites for hydroxylation is 1. The van der Waals surface area contributed by atoms with Gasteiger partial charge in [-0.05, 0) is 37.8 Å². The van der Waals surface area contributed by atoms with E-state index in [4.69, 9.17) is 5.11 Å². The van der Waals surface area contributed by atoms with Gasteiger partial charge in [0.25, 0.3) is 5.91 Å². The summed E-state index contributed by atoms with van der Waals surface area (Å²) in [5.74, 6) is -0.923. The minimum Gasteiger partial charge on any atom is -0.480 e. The zero-order chi connectivity index (χ0) is 16.3. The predicted molar refractivity (Wildman–Crippen MR) is 85.6 cm³/mol. The second kappa shape index (κ2) is 7.06. The van der Waals surface area contributed by atoms with Gasteiger partial charge in [0, 0.05) is 19.1 Å². The summed E-state index contributed by atoms with van der Waals surface area (Å²) in [5.41, 5.74) is 1.33. The van der Waals surface area contributed by atoms with E-state index in [1.807, 2.05) is 18.7 Å². The van der Waals surface area contributed by atoms with Crippen molar-refractivity contribution in [2.75, 3.05) is 25.5 Å². The topological polar surface area (TPSA) is 94.6 Å². The van der Waals surface area contributed by atoms with Crippen LogP contribution in [0.1, 0.15) is 35.8 Å². The van der Waals surface area contributed by atoms with Crippen molar-refractivity contribution in [3.05, 3.63) is 11.3 Å². The average molecular weight is 326 g/mol. The summed E-state index contributed by atoms with van der Waals surface area (Å²) in [6.45, 7) is 4.53. The van der Waals surface area contributed by atoms with E-state index >= 15 is 0 Å². The summed E-state index contributed by atoms with van der Waals surface area (Å²) < 4.78 is 4.19. The Morgan fingerprint density at radius 3 is 2.68 bits per heavy atom. The number of amides is 1. The van der Waals surface area contributed by atoms with Gasteiger partial charge in [-0.2, -0.15) is 4.37 Å². The first-order chi connectivity index (χ1) is 10.5. The van der Waals surface area contributed by atoms with Crippen molar-refractivity contribution in [1.82, 2.24) is 14.6 Å². The van der Waals surface area contributed by atoms with Crippen molar-refractivity contribution in [1.29, 1.82) is 0 Å². The first-order valence-corrected chi connectivity index (χ1v) is 8.14. The number of hydrogen-bond acceptors (Lipinski definition) is 6. The maximum absolute atomic E-state index is 12.3. The number of rotatable bonds is 7. The van der Waals surface area contributed by atoms with E-state index in [1.165, 1.54) is 11.5 Å². The summed E-state index contributed by atoms with van der Waals surface area (Å²) >= 11 is 1.28. The molecule has 1 saturated carbocycles. The molecular weight excluding hydrogens is 304 g/mol. The van der Waals surface area contributed by atoms with Gasteiger partial charge < -0.3 is 15.7 Å². The lowest BCUT2D eigenvalue weighted by atomic mass is 9.85. The van der Waals surface area contributed by atoms with Gasteiger partial charge in [-0.25, -0.2) is 0 Å². The standard InChI is InChI=1S/C14H22N4O3S/c1-4-18(7-11(19)20)10-5-9(6-10)16-13(21)12-8(2)17-22-14(12)15-3/h9-10,15H,4-7H2,1-3H3,(H,16,21)(H,19,20). The number of carboxylic acid groups (broad SMARTS) is 1. The molecule has 7 nitrogen and oxygen atoms in total. The highest BCUT2D eigenvalue weighted by molar-refractivity contribution is 7.10. The number of carbonyl (C=O) groups excluding carboxylic acids is 1. The fourth-order valence-corrected chi connectivity index (χ4v) is 3.48. The number of aromatic nitrogens is 1. The number of carbonyl (C=O) groups is 2. The summed E-state index contributed by atoms with van der Waals surface area (Å²) in [7, 11) is 1.77. The molecule has 1 heterocycles. The van der Waals surface area contributed by atoms with Gasteiger partial charge in [-0.15, -0.1) is 0 Å². The van der Waals surface area contributed by atoms with E-state index in [2.05, 4.69) is 15.0 Å². The first kappa shape index (κ1) is 16.7. The van der Waals surface area contributed by atoms with Crippen LogP contribution in [0.4, 0.5) is 5.00 Å². The summed E-state index contributed by atoms with van der Waals surface area (Å²) in [4.78, 5) is 25.1. The fraction of sp³-hybridized carbons (Fsp3) is 0.643. The number of hydrogen-bond donors (Lipinski definition) is 3. The van der Waals surface area contributed by atoms with Crippen LogP contribution < -0.4 is 10.6 Å². The quantitative estimate of drug-likeness (QED) is 0.696. The van der Waals surface area contributed by atoms with Crippen LogP contribution >= 0.6 is 11.5 Å². The molecule has 0 unspecified atom stereocenters. The third-order valence-electron chi connectivity index (χ3n) is 4.03. The molecule has 122 valence electrons. The maximum Gasteiger partial charge on any atom is 0.317 e. The van der Waals surface area contributed by atoms with Crippen molar-refractivity contribution in [2.24, 2.45) is 0 Å². The van der Waals surface area contributed by atoms with Crippen LogP contribution in [0, 0.1) is 6.92 Å². The van der Waals surface area contributed by atoms with Gasteiger partial charge in [-0.3, -0.25) is 14.5 Å². The molecule has 0 radical (unpaired) electrons. The second-order valence-corrected chi connectivity index (χ2v) is 6.25. The smallest absolute Gasteiger partial charge is 0.317 e. The molecule has 1 fully saturated rings. The highest BCUT2D eigenvalue weighted by Gasteiger charge is 2.35. The molecule has 1 amide bonds. The van der Waals surface area contributed by atoms with Crippen LogP contribution in [0.3, 0.4) is 0 Å². The number of carboxylic acids is 1. The van der Waals surface area contributed by atoms with Crippen molar-refractivity contribution in [3.63, 3.8) is 0 Å². The Bertz CT molecular complexity index is 554. The average Bonchev–Trinajstić information content (AvgIpc) is 2.80. The number of nitrogens with zero attached hydrogens (tertiary/aromatic N) is 2. The summed E-state index contributed by atoms with van der Waals surface area (Å²) in [6, 6.07) is 0.334. The van der Waals surface area contributed by atoms with Gasteiger partial charge in [-0.1, -0.05) is 6.92 Å². The number of nitrogens with one attached hydrogen (secondary N) is 2. The number of likely N-dealkylation sites (N-methyl/N-ethyl adjacent to an activating group) is 1. The Labute approximate surface area is 133 Å². The lowest BCUT2D eigenvalue weighted by Gasteiger charge is -2.42. The summed E-state index contributed by atoms with van der Waals surface area (Å²) in [5, 5.41) is 15.7. The third-order valence-corrected chi connectivity index (χ3v) is 4.98. The molecule has 1 aliphatic rings. The molecule has 0 atom stereocenters. The normalized spacial score (nSPS) is 20.5. The lowest BCUT2D eigenvalue weighted by Crippen LogP contribution is -2.54. The van der Waals surface area contributed by atoms with E-state index < -0.39 is 5.97 Å². The molecule has 0 aliphatic heterocycles. The minimum absolute atomic E-state index is 0.0549. The van der Waals surface area contributed by atoms with Gasteiger partial charge in [0.2, 0.25) is 0 Å². The van der Waals surface area contributed by atoms with E-state index in [0.29, 0.717) is 12.1 Å². The molecule has 8 heteroatoms. The molecule has 2 rings (SSSR count). The molecule has 0 aromatic carbocycles. The van der Waals surface area contributed by atoms with Crippen LogP contribution in [0.5, 0.6) is 0 Å². The van der Waals surface area contributed by atoms with E-state index in [1.54, 1.807) is 7.05 Å². The van der Waals surface area contributed by atoms with Crippen LogP contribution in [0.2, 0.25) is 0 Å². The van der Waals surface area contributed by atoms with Gasteiger partial charge in [0.15, 0.2) is 0 Å². The zero-order valence-corrected chi connectivity index (χ0v) is 13.9. The molecule has 3 N–H and O–H groups in total. The van der Waals surface area contributed by atoms with Crippen molar-refractivity contribution < 1.29 is 14.7 Å². The van der Waals surface area contributed by atoms with Crippen LogP contribution in [-0.4, -0.2) is 58.5 Å². The largest absolute Gasteiger partial charge is 0.480 e. The number of aliphatic carboxylic acids is 1. The maximum atomic E-state index is 12.3. The fourth-order valence-electron chi connectivity index (χ4n) is 2.74. The van der Waals surface area contributed by atoms with Crippen molar-refractivity contribution in [2.45, 2.75) is 38.8 Å². The molecule has 22 heavy (non-hydrogen) atoms. The predicted octanol–water partition coefficient (Wildman–Crippen LogP) is 1.16. The Morgan fingerprint density at radius 2 is 2.14 bits per heavy atom. The third kappa shape index (κ3) is 3.56. The summed E-state index contributed by atoms with van der Waals surface area (Å²) in [6.07, 6.45) is 1.58. The van der Waals surface area contributed by atoms with Gasteiger partial charge in [0.05, 0.1) is 17.8 Å². The first-order valence-electron chi connectivity index (χ1n) is 7.37. The highest BCUT2D eigenvalue weighted by atomic mass is 32.1. The van der Waals surface area contributed by atoms with E-state index in [9.17, 15) is 9.59 Å². The Balaban J connectivity index is 1.88. The lowest BCUT2D eigenvalue weighted by molar-refractivity contribution is -0.139. The molecule has 0 saturated heterocycles. The van der Waals surface area contributed by atoms with Crippen LogP contribution in [-0.2, 0) is 4.79 Å². The molecule has 1 aliphatic carbocycles. The van der Waals surface area contributed by atoms with E-state index in [0.717, 1.165) is 23.5 Å². The van der Waals surface area contributed by atoms with Crippen molar-refractivity contribution >= 4 is 28.4 Å². The van der Waals surface area contributed by atoms with Gasteiger partial charge in [0.1, 0.15) is 5.00 Å². The SMILES string of the molecule is CCN(CC(=O)O)C1CC(NC(=O)c2c(C)nsc2NC)C1. The van der Waals surface area contributed by atoms with Crippen LogP contribution in [0.25, 0.3) is 0 Å². The van der Waals surface area contributed by atoms with Crippen LogP contribution in [0.15, 0.2) is 0 Å². The Kier molecular flexibility index (Phi) is 5.36.